The lowest BCUT2D eigenvalue weighted by Crippen LogP contribution is -2.48. The van der Waals surface area contributed by atoms with Crippen molar-refractivity contribution >= 4 is 76.4 Å². The molecule has 0 bridgehead atoms. The van der Waals surface area contributed by atoms with Gasteiger partial charge in [-0.25, -0.2) is 37.8 Å². The highest BCUT2D eigenvalue weighted by molar-refractivity contribution is 7.89. The number of rotatable bonds is 10. The van der Waals surface area contributed by atoms with Crippen molar-refractivity contribution in [2.75, 3.05) is 62.2 Å². The molecule has 6 aromatic rings. The van der Waals surface area contributed by atoms with Crippen molar-refractivity contribution < 1.29 is 41.3 Å². The van der Waals surface area contributed by atoms with Crippen LogP contribution in [0.4, 0.5) is 10.3 Å². The third kappa shape index (κ3) is 9.38. The molecule has 314 valence electrons. The number of anilines is 2. The number of aromatic nitrogens is 2. The maximum Gasteiger partial charge on any atom is 0.286 e. The van der Waals surface area contributed by atoms with Gasteiger partial charge < -0.3 is 14.2 Å². The maximum atomic E-state index is 13.1. The van der Waals surface area contributed by atoms with Gasteiger partial charge in [0, 0.05) is 68.5 Å². The van der Waals surface area contributed by atoms with Crippen LogP contribution >= 0.6 is 34.3 Å². The van der Waals surface area contributed by atoms with Crippen LogP contribution in [0.3, 0.4) is 0 Å². The fourth-order valence-corrected chi connectivity index (χ4v) is 11.2. The van der Waals surface area contributed by atoms with Gasteiger partial charge in [-0.2, -0.15) is 8.61 Å². The highest BCUT2D eigenvalue weighted by Gasteiger charge is 2.31. The zero-order valence-electron chi connectivity index (χ0n) is 31.4. The lowest BCUT2D eigenvalue weighted by molar-refractivity contribution is 0.0706. The van der Waals surface area contributed by atoms with Gasteiger partial charge in [-0.1, -0.05) is 64.6 Å². The lowest BCUT2D eigenvalue weighted by atomic mass is 10.1. The molecule has 60 heavy (non-hydrogen) atoms. The minimum absolute atomic E-state index is 0.230. The quantitative estimate of drug-likeness (QED) is 0.104. The van der Waals surface area contributed by atoms with Gasteiger partial charge in [0.05, 0.1) is 28.4 Å². The van der Waals surface area contributed by atoms with Gasteiger partial charge in [-0.15, -0.1) is 0 Å². The van der Waals surface area contributed by atoms with Crippen molar-refractivity contribution in [2.24, 2.45) is 0 Å². The van der Waals surface area contributed by atoms with Crippen molar-refractivity contribution in [3.63, 3.8) is 0 Å². The third-order valence-electron chi connectivity index (χ3n) is 9.63. The van der Waals surface area contributed by atoms with E-state index < -0.39 is 31.9 Å². The van der Waals surface area contributed by atoms with Crippen LogP contribution in [-0.2, 0) is 20.0 Å². The number of carbonyl (C=O) groups is 2. The lowest BCUT2D eigenvalue weighted by Gasteiger charge is -2.33. The average Bonchev–Trinajstić information content (AvgIpc) is 4.11. The Labute approximate surface area is 358 Å². The highest BCUT2D eigenvalue weighted by Crippen LogP contribution is 2.31. The molecule has 0 atom stereocenters. The third-order valence-corrected chi connectivity index (χ3v) is 15.9. The Morgan fingerprint density at radius 2 is 1.07 bits per heavy atom. The van der Waals surface area contributed by atoms with E-state index in [0.29, 0.717) is 73.4 Å². The molecule has 17 nitrogen and oxygen atoms in total. The summed E-state index contributed by atoms with van der Waals surface area (Å²) in [5.74, 6) is -0.557. The molecule has 3 aromatic heterocycles. The Kier molecular flexibility index (Phi) is 13.3. The molecule has 2 saturated heterocycles. The zero-order valence-corrected chi connectivity index (χ0v) is 35.4. The molecule has 0 saturated carbocycles. The Bertz CT molecular complexity index is 2640. The van der Waals surface area contributed by atoms with E-state index in [9.17, 15) is 26.4 Å². The molecule has 2 amide bonds. The van der Waals surface area contributed by atoms with Gasteiger partial charge in [-0.3, -0.25) is 20.0 Å². The summed E-state index contributed by atoms with van der Waals surface area (Å²) in [4.78, 5) is 36.2. The van der Waals surface area contributed by atoms with E-state index in [0.717, 1.165) is 39.4 Å². The highest BCUT2D eigenvalue weighted by atomic mass is 35.5. The van der Waals surface area contributed by atoms with E-state index in [4.69, 9.17) is 26.4 Å². The average molecular weight is 913 g/mol. The molecule has 8 rings (SSSR count). The molecule has 2 aliphatic rings. The van der Waals surface area contributed by atoms with Crippen molar-refractivity contribution in [1.29, 1.82) is 0 Å². The second-order valence-corrected chi connectivity index (χ2v) is 19.5. The number of nitrogens with one attached hydrogen (secondary N) is 2. The van der Waals surface area contributed by atoms with E-state index in [1.807, 2.05) is 34.1 Å². The second-order valence-electron chi connectivity index (χ2n) is 13.2. The summed E-state index contributed by atoms with van der Waals surface area (Å²) >= 11 is 8.52. The van der Waals surface area contributed by atoms with E-state index in [1.165, 1.54) is 21.0 Å². The predicted octanol–water partition coefficient (Wildman–Crippen LogP) is 5.13. The van der Waals surface area contributed by atoms with Crippen molar-refractivity contribution in [3.05, 3.63) is 118 Å². The first-order chi connectivity index (χ1) is 28.9. The van der Waals surface area contributed by atoms with Gasteiger partial charge in [0.2, 0.25) is 20.0 Å². The summed E-state index contributed by atoms with van der Waals surface area (Å²) < 4.78 is 60.3. The summed E-state index contributed by atoms with van der Waals surface area (Å²) in [6.45, 7) is 3.03. The van der Waals surface area contributed by atoms with Crippen LogP contribution < -0.4 is 20.8 Å². The number of halogens is 1. The number of hydroxylamine groups is 2. The smallest absolute Gasteiger partial charge is 0.286 e. The minimum Gasteiger partial charge on any atom is -0.464 e. The fraction of sp³-hybridized carbons (Fsp3) is 0.211. The van der Waals surface area contributed by atoms with Crippen molar-refractivity contribution in [1.82, 2.24) is 29.5 Å². The molecule has 0 radical (unpaired) electrons. The number of nitrogens with zero attached hydrogens (tertiary/aromatic N) is 6. The maximum absolute atomic E-state index is 13.1. The van der Waals surface area contributed by atoms with Crippen LogP contribution in [-0.4, -0.2) is 110 Å². The van der Waals surface area contributed by atoms with Gasteiger partial charge in [0.1, 0.15) is 15.5 Å². The van der Waals surface area contributed by atoms with Gasteiger partial charge >= 0.3 is 0 Å². The molecule has 3 aromatic carbocycles. The molecule has 5 heterocycles. The summed E-state index contributed by atoms with van der Waals surface area (Å²) in [5.41, 5.74) is 5.66. The zero-order chi connectivity index (χ0) is 42.4. The number of sulfonamides is 2. The number of thiazole rings is 2. The first-order valence-electron chi connectivity index (χ1n) is 18.2. The van der Waals surface area contributed by atoms with E-state index >= 15 is 0 Å². The second kappa shape index (κ2) is 18.6. The largest absolute Gasteiger partial charge is 0.464 e. The normalized spacial score (nSPS) is 15.2. The molecule has 0 unspecified atom stereocenters. The molecular formula is C38H37ClN8O9S4. The van der Waals surface area contributed by atoms with Crippen LogP contribution in [0.5, 0.6) is 0 Å². The number of hydrogen-bond acceptors (Lipinski definition) is 15. The summed E-state index contributed by atoms with van der Waals surface area (Å²) in [6, 6.07) is 24.3. The molecule has 22 heteroatoms. The van der Waals surface area contributed by atoms with Crippen LogP contribution in [0.2, 0.25) is 5.02 Å². The van der Waals surface area contributed by atoms with E-state index in [-0.39, 0.29) is 19.5 Å². The first-order valence-corrected chi connectivity index (χ1v) is 23.1. The molecule has 0 spiro atoms. The Hall–Kier alpha value is -5.23. The topological polar surface area (TPSA) is 219 Å². The number of furan rings is 1. The molecule has 4 N–H and O–H groups in total. The molecule has 2 aliphatic heterocycles. The summed E-state index contributed by atoms with van der Waals surface area (Å²) in [7, 11) is -7.23. The number of carbonyl (C=O) groups excluding carboxylic acids is 2. The van der Waals surface area contributed by atoms with Crippen molar-refractivity contribution in [3.8, 4) is 22.5 Å². The van der Waals surface area contributed by atoms with Gasteiger partial charge in [0.25, 0.3) is 11.8 Å². The van der Waals surface area contributed by atoms with Crippen LogP contribution in [0, 0.1) is 0 Å². The summed E-state index contributed by atoms with van der Waals surface area (Å²) in [5, 5.41) is 19.3. The standard InChI is InChI=1S/C20H19ClN4O4S2.C18H18N4O5S2/c21-17-4-2-1-3-16(17)14-5-7-15(8-6-14)31(28,29)25-11-9-24(10-12-25)20-22-13-18(30-20)19(26)23-27;23-17(20-24)16-12-19-18(28-16)21-7-9-22(10-8-21)29(25,26)14-5-3-13(4-6-14)15-2-1-11-27-15/h1-8,13,27H,9-12H2,(H,23,26);1-6,11-12,24H,7-10H2,(H,20,23). The van der Waals surface area contributed by atoms with Gasteiger partial charge in [-0.05, 0) is 60.2 Å². The van der Waals surface area contributed by atoms with E-state index in [1.54, 1.807) is 77.9 Å². The first kappa shape index (κ1) is 42.9. The Morgan fingerprint density at radius 1 is 0.617 bits per heavy atom. The Balaban J connectivity index is 0.000000182. The predicted molar refractivity (Wildman–Crippen MR) is 226 cm³/mol. The number of piperazine rings is 2. The number of amides is 2. The number of hydrogen-bond donors (Lipinski definition) is 4. The van der Waals surface area contributed by atoms with Crippen LogP contribution in [0.1, 0.15) is 19.3 Å². The minimum atomic E-state index is -3.63. The van der Waals surface area contributed by atoms with Gasteiger partial charge in [0.15, 0.2) is 10.3 Å². The molecule has 0 aliphatic carbocycles. The van der Waals surface area contributed by atoms with E-state index in [2.05, 4.69) is 9.97 Å². The number of benzene rings is 3. The molecular weight excluding hydrogens is 876 g/mol. The van der Waals surface area contributed by atoms with Crippen molar-refractivity contribution in [2.45, 2.75) is 9.79 Å². The van der Waals surface area contributed by atoms with Crippen LogP contribution in [0.15, 0.2) is 118 Å². The molecule has 2 fully saturated rings. The fourth-order valence-electron chi connectivity index (χ4n) is 6.42. The monoisotopic (exact) mass is 912 g/mol. The summed E-state index contributed by atoms with van der Waals surface area (Å²) in [6.07, 6.45) is 4.34. The SMILES string of the molecule is O=C(NO)c1cnc(N2CCN(S(=O)(=O)c3ccc(-c4ccccc4Cl)cc3)CC2)s1.O=C(NO)c1cnc(N2CCN(S(=O)(=O)c3ccc(-c4ccco4)cc3)CC2)s1. The Morgan fingerprint density at radius 3 is 1.48 bits per heavy atom. The van der Waals surface area contributed by atoms with Crippen LogP contribution in [0.25, 0.3) is 22.5 Å².